The van der Waals surface area contributed by atoms with E-state index in [-0.39, 0.29) is 17.0 Å². The maximum Gasteiger partial charge on any atom is 0.203 e. The predicted octanol–water partition coefficient (Wildman–Crippen LogP) is 2.80. The molecule has 0 atom stereocenters. The lowest BCUT2D eigenvalue weighted by molar-refractivity contribution is -0.118. The molecule has 0 saturated heterocycles. The molecule has 0 radical (unpaired) electrons. The minimum Gasteiger partial charge on any atom is -0.511 e. The van der Waals surface area contributed by atoms with Crippen molar-refractivity contribution in [2.75, 3.05) is 59.4 Å². The summed E-state index contributed by atoms with van der Waals surface area (Å²) in [5.74, 6) is 0.945. The second-order valence-electron chi connectivity index (χ2n) is 10.5. The van der Waals surface area contributed by atoms with Crippen LogP contribution < -0.4 is 5.73 Å². The van der Waals surface area contributed by atoms with Gasteiger partial charge in [0.1, 0.15) is 5.76 Å². The molecule has 12 nitrogen and oxygen atoms in total. The first kappa shape index (κ1) is 32.4. The summed E-state index contributed by atoms with van der Waals surface area (Å²) in [5.41, 5.74) is 7.67. The zero-order valence-corrected chi connectivity index (χ0v) is 24.3. The lowest BCUT2D eigenvalue weighted by atomic mass is 9.75. The van der Waals surface area contributed by atoms with Crippen LogP contribution in [-0.2, 0) is 30.3 Å². The molecule has 3 rings (SSSR count). The number of nitrogens with two attached hydrogens (primary N) is 1. The van der Waals surface area contributed by atoms with Gasteiger partial charge in [-0.2, -0.15) is 0 Å². The summed E-state index contributed by atoms with van der Waals surface area (Å²) in [7, 11) is 0. The van der Waals surface area contributed by atoms with Crippen molar-refractivity contribution in [1.29, 1.82) is 0 Å². The molecule has 0 bridgehead atoms. The Kier molecular flexibility index (Phi) is 13.4. The van der Waals surface area contributed by atoms with Gasteiger partial charge in [-0.1, -0.05) is 38.1 Å². The Morgan fingerprint density at radius 2 is 1.44 bits per heavy atom. The monoisotopic (exact) mass is 570 g/mol. The van der Waals surface area contributed by atoms with Crippen LogP contribution >= 0.6 is 0 Å². The summed E-state index contributed by atoms with van der Waals surface area (Å²) < 4.78 is 21.9. The van der Waals surface area contributed by atoms with Crippen molar-refractivity contribution in [1.82, 2.24) is 20.4 Å². The molecule has 1 heterocycles. The molecule has 0 saturated carbocycles. The molecule has 1 aromatic carbocycles. The van der Waals surface area contributed by atoms with Crippen LogP contribution in [0.2, 0.25) is 0 Å². The average molecular weight is 571 g/mol. The van der Waals surface area contributed by atoms with E-state index in [1.807, 2.05) is 38.1 Å². The van der Waals surface area contributed by atoms with Crippen LogP contribution in [0, 0.1) is 12.3 Å². The van der Waals surface area contributed by atoms with Crippen molar-refractivity contribution in [2.24, 2.45) is 16.1 Å². The summed E-state index contributed by atoms with van der Waals surface area (Å²) in [5, 5.41) is 26.8. The summed E-state index contributed by atoms with van der Waals surface area (Å²) in [6.45, 7) is 10.2. The minimum absolute atomic E-state index is 0.0913. The van der Waals surface area contributed by atoms with E-state index in [0.29, 0.717) is 108 Å². The van der Waals surface area contributed by atoms with Gasteiger partial charge in [-0.3, -0.25) is 9.79 Å². The fourth-order valence-electron chi connectivity index (χ4n) is 4.25. The summed E-state index contributed by atoms with van der Waals surface area (Å²) >= 11 is 0. The number of ketones is 1. The lowest BCUT2D eigenvalue weighted by Gasteiger charge is -2.30. The summed E-state index contributed by atoms with van der Waals surface area (Å²) in [6.07, 6.45) is 1.18. The van der Waals surface area contributed by atoms with Gasteiger partial charge in [-0.05, 0) is 17.9 Å². The van der Waals surface area contributed by atoms with E-state index in [0.717, 1.165) is 11.1 Å². The molecule has 1 aromatic heterocycles. The minimum atomic E-state index is -0.289. The van der Waals surface area contributed by atoms with Gasteiger partial charge in [-0.15, -0.1) is 20.4 Å². The SMILES string of the molecule is Cc1nnc(-c2ccc(CN=C(CCOCCOCCOCCOCCN)C3=C(O)CC(C)(C)CC3=O)cc2)nn1. The molecule has 41 heavy (non-hydrogen) atoms. The Morgan fingerprint density at radius 3 is 2.00 bits per heavy atom. The Bertz CT molecular complexity index is 1150. The van der Waals surface area contributed by atoms with Gasteiger partial charge in [0.05, 0.1) is 70.7 Å². The molecule has 1 aliphatic rings. The van der Waals surface area contributed by atoms with Crippen molar-refractivity contribution < 1.29 is 28.8 Å². The normalized spacial score (nSPS) is 15.5. The first-order valence-corrected chi connectivity index (χ1v) is 13.9. The molecule has 1 aliphatic carbocycles. The van der Waals surface area contributed by atoms with Crippen molar-refractivity contribution in [3.8, 4) is 11.4 Å². The van der Waals surface area contributed by atoms with E-state index in [4.69, 9.17) is 29.7 Å². The van der Waals surface area contributed by atoms with Crippen LogP contribution in [0.5, 0.6) is 0 Å². The second kappa shape index (κ2) is 16.9. The topological polar surface area (TPSA) is 164 Å². The molecular weight excluding hydrogens is 528 g/mol. The first-order chi connectivity index (χ1) is 19.8. The van der Waals surface area contributed by atoms with Gasteiger partial charge in [0.25, 0.3) is 0 Å². The summed E-state index contributed by atoms with van der Waals surface area (Å²) in [4.78, 5) is 17.8. The van der Waals surface area contributed by atoms with Gasteiger partial charge in [0.2, 0.25) is 5.82 Å². The molecule has 12 heteroatoms. The molecule has 0 fully saturated rings. The number of aryl methyl sites for hydroxylation is 1. The standard InChI is InChI=1S/C29H42N6O6/c1-21-32-34-28(35-33-21)23-6-4-22(5-7-23)20-31-24(27-25(36)18-29(2,3)19-26(27)37)8-10-38-12-14-40-16-17-41-15-13-39-11-9-30/h4-7,36H,8-20,30H2,1-3H3. The molecule has 2 aromatic rings. The zero-order chi connectivity index (χ0) is 29.5. The van der Waals surface area contributed by atoms with Gasteiger partial charge in [0, 0.05) is 31.4 Å². The highest BCUT2D eigenvalue weighted by molar-refractivity contribution is 6.23. The highest BCUT2D eigenvalue weighted by atomic mass is 16.6. The highest BCUT2D eigenvalue weighted by Crippen LogP contribution is 2.36. The zero-order valence-electron chi connectivity index (χ0n) is 24.3. The number of aliphatic hydroxyl groups is 1. The van der Waals surface area contributed by atoms with Gasteiger partial charge >= 0.3 is 0 Å². The number of allylic oxidation sites excluding steroid dienone is 2. The largest absolute Gasteiger partial charge is 0.511 e. The number of nitrogens with zero attached hydrogens (tertiary/aromatic N) is 5. The van der Waals surface area contributed by atoms with E-state index in [9.17, 15) is 9.90 Å². The lowest BCUT2D eigenvalue weighted by Crippen LogP contribution is -2.29. The number of carbonyl (C=O) groups is 1. The summed E-state index contributed by atoms with van der Waals surface area (Å²) in [6, 6.07) is 7.61. The fourth-order valence-corrected chi connectivity index (χ4v) is 4.25. The Hall–Kier alpha value is -3.16. The first-order valence-electron chi connectivity index (χ1n) is 13.9. The predicted molar refractivity (Wildman–Crippen MR) is 154 cm³/mol. The van der Waals surface area contributed by atoms with E-state index in [1.54, 1.807) is 6.92 Å². The van der Waals surface area contributed by atoms with Crippen LogP contribution in [0.3, 0.4) is 0 Å². The van der Waals surface area contributed by atoms with Crippen LogP contribution in [-0.4, -0.2) is 96.4 Å². The van der Waals surface area contributed by atoms with Crippen molar-refractivity contribution in [3.63, 3.8) is 0 Å². The van der Waals surface area contributed by atoms with Gasteiger partial charge in [0.15, 0.2) is 11.6 Å². The Morgan fingerprint density at radius 1 is 0.878 bits per heavy atom. The number of rotatable bonds is 18. The Balaban J connectivity index is 1.52. The molecule has 3 N–H and O–H groups in total. The smallest absolute Gasteiger partial charge is 0.203 e. The number of Topliss-reactive ketones (excluding diaryl/α,β-unsaturated/α-hetero) is 1. The van der Waals surface area contributed by atoms with E-state index in [2.05, 4.69) is 20.4 Å². The molecule has 0 unspecified atom stereocenters. The number of ether oxygens (including phenoxy) is 4. The second-order valence-corrected chi connectivity index (χ2v) is 10.5. The number of aliphatic hydroxyl groups excluding tert-OH is 1. The van der Waals surface area contributed by atoms with Crippen LogP contribution in [0.1, 0.15) is 44.5 Å². The molecule has 0 amide bonds. The maximum absolute atomic E-state index is 13.0. The molecular formula is C29H42N6O6. The van der Waals surface area contributed by atoms with Crippen LogP contribution in [0.15, 0.2) is 40.6 Å². The van der Waals surface area contributed by atoms with Gasteiger partial charge < -0.3 is 29.8 Å². The number of carbonyl (C=O) groups excluding carboxylic acids is 1. The molecule has 224 valence electrons. The third-order valence-electron chi connectivity index (χ3n) is 6.25. The molecule has 0 aliphatic heterocycles. The third-order valence-corrected chi connectivity index (χ3v) is 6.25. The maximum atomic E-state index is 13.0. The van der Waals surface area contributed by atoms with Crippen LogP contribution in [0.25, 0.3) is 11.4 Å². The average Bonchev–Trinajstić information content (AvgIpc) is 2.93. The van der Waals surface area contributed by atoms with Crippen molar-refractivity contribution in [2.45, 2.75) is 46.6 Å². The van der Waals surface area contributed by atoms with E-state index in [1.165, 1.54) is 0 Å². The van der Waals surface area contributed by atoms with Gasteiger partial charge in [-0.25, -0.2) is 0 Å². The number of aromatic nitrogens is 4. The number of hydrogen-bond acceptors (Lipinski definition) is 12. The Labute approximate surface area is 241 Å². The van der Waals surface area contributed by atoms with Crippen molar-refractivity contribution in [3.05, 3.63) is 47.0 Å². The quantitative estimate of drug-likeness (QED) is 0.200. The van der Waals surface area contributed by atoms with E-state index >= 15 is 0 Å². The molecule has 0 spiro atoms. The number of hydrogen-bond donors (Lipinski definition) is 2. The van der Waals surface area contributed by atoms with E-state index < -0.39 is 0 Å². The number of aliphatic imine (C=N–C) groups is 1. The van der Waals surface area contributed by atoms with Crippen molar-refractivity contribution >= 4 is 11.5 Å². The van der Waals surface area contributed by atoms with Crippen LogP contribution in [0.4, 0.5) is 0 Å². The third kappa shape index (κ3) is 11.3. The fraction of sp³-hybridized carbons (Fsp3) is 0.586. The number of benzene rings is 1. The highest BCUT2D eigenvalue weighted by Gasteiger charge is 2.34.